The highest BCUT2D eigenvalue weighted by atomic mass is 15.1. The van der Waals surface area contributed by atoms with Crippen molar-refractivity contribution in [1.29, 1.82) is 0 Å². The van der Waals surface area contributed by atoms with Crippen LogP contribution in [0.4, 0.5) is 17.1 Å². The summed E-state index contributed by atoms with van der Waals surface area (Å²) in [5, 5.41) is 2.55. The van der Waals surface area contributed by atoms with E-state index in [9.17, 15) is 0 Å². The van der Waals surface area contributed by atoms with Crippen molar-refractivity contribution in [3.05, 3.63) is 174 Å². The maximum atomic E-state index is 2.54. The second-order valence-corrected chi connectivity index (χ2v) is 14.8. The van der Waals surface area contributed by atoms with Gasteiger partial charge < -0.3 is 4.90 Å². The summed E-state index contributed by atoms with van der Waals surface area (Å²) < 4.78 is 0. The van der Waals surface area contributed by atoms with Gasteiger partial charge in [-0.15, -0.1) is 0 Å². The topological polar surface area (TPSA) is 3.24 Å². The van der Waals surface area contributed by atoms with E-state index in [4.69, 9.17) is 0 Å². The Balaban J connectivity index is 1.41. The van der Waals surface area contributed by atoms with Crippen LogP contribution in [-0.4, -0.2) is 0 Å². The number of benzene rings is 7. The molecule has 0 bridgehead atoms. The van der Waals surface area contributed by atoms with Crippen molar-refractivity contribution in [2.45, 2.75) is 58.3 Å². The lowest BCUT2D eigenvalue weighted by Crippen LogP contribution is -2.23. The molecule has 0 unspecified atom stereocenters. The maximum Gasteiger partial charge on any atom is 0.0621 e. The van der Waals surface area contributed by atoms with Crippen molar-refractivity contribution < 1.29 is 0 Å². The van der Waals surface area contributed by atoms with Crippen LogP contribution in [0.1, 0.15) is 64.2 Å². The third-order valence-electron chi connectivity index (χ3n) is 11.1. The smallest absolute Gasteiger partial charge is 0.0621 e. The van der Waals surface area contributed by atoms with Gasteiger partial charge in [0.15, 0.2) is 0 Å². The summed E-state index contributed by atoms with van der Waals surface area (Å²) in [6.07, 6.45) is 2.11. The first-order valence-corrected chi connectivity index (χ1v) is 18.2. The highest BCUT2D eigenvalue weighted by molar-refractivity contribution is 6.10. The fourth-order valence-electron chi connectivity index (χ4n) is 8.40. The van der Waals surface area contributed by atoms with Crippen LogP contribution >= 0.6 is 0 Å². The third-order valence-corrected chi connectivity index (χ3v) is 11.1. The monoisotopic (exact) mass is 647 g/mol. The quantitative estimate of drug-likeness (QED) is 0.166. The third kappa shape index (κ3) is 5.15. The van der Waals surface area contributed by atoms with E-state index in [1.807, 2.05) is 0 Å². The fourth-order valence-corrected chi connectivity index (χ4v) is 8.40. The van der Waals surface area contributed by atoms with Gasteiger partial charge in [0.25, 0.3) is 0 Å². The minimum atomic E-state index is -0.0331. The molecule has 0 fully saturated rings. The standard InChI is InChI=1S/C49H45N/c1-6-49(7-2)44-27-16-15-26-43(44)46-45(49)32-36-20-11-12-25-42(36)47(46)50(39-22-17-21-37(33-39)48(3,4)5)38-30-28-35(29-31-38)41-24-14-13-23-40(41)34-18-9-8-10-19-34/h8-33H,6-7H2,1-5H3. The number of anilines is 3. The molecule has 7 aromatic carbocycles. The normalized spacial score (nSPS) is 13.2. The first-order chi connectivity index (χ1) is 24.3. The molecule has 1 nitrogen and oxygen atoms in total. The highest BCUT2D eigenvalue weighted by Crippen LogP contribution is 2.59. The molecule has 1 aliphatic rings. The van der Waals surface area contributed by atoms with E-state index in [-0.39, 0.29) is 10.8 Å². The van der Waals surface area contributed by atoms with Crippen LogP contribution in [0.3, 0.4) is 0 Å². The molecular weight excluding hydrogens is 603 g/mol. The van der Waals surface area contributed by atoms with Crippen molar-refractivity contribution in [3.8, 4) is 33.4 Å². The van der Waals surface area contributed by atoms with E-state index in [1.165, 1.54) is 72.2 Å². The average molecular weight is 648 g/mol. The zero-order chi connectivity index (χ0) is 34.5. The molecule has 246 valence electrons. The summed E-state index contributed by atoms with van der Waals surface area (Å²) in [5.74, 6) is 0. The lowest BCUT2D eigenvalue weighted by atomic mass is 9.73. The summed E-state index contributed by atoms with van der Waals surface area (Å²) >= 11 is 0. The van der Waals surface area contributed by atoms with Crippen LogP contribution in [0.5, 0.6) is 0 Å². The Bertz CT molecular complexity index is 2320. The van der Waals surface area contributed by atoms with Crippen LogP contribution in [0, 0.1) is 0 Å². The largest absolute Gasteiger partial charge is 0.309 e. The van der Waals surface area contributed by atoms with Crippen molar-refractivity contribution in [2.75, 3.05) is 4.90 Å². The molecular formula is C49H45N. The van der Waals surface area contributed by atoms with Gasteiger partial charge >= 0.3 is 0 Å². The molecule has 0 saturated carbocycles. The molecule has 50 heavy (non-hydrogen) atoms. The Kier molecular flexibility index (Phi) is 7.95. The molecule has 0 heterocycles. The van der Waals surface area contributed by atoms with Gasteiger partial charge in [0, 0.05) is 27.7 Å². The molecule has 0 aliphatic heterocycles. The second-order valence-electron chi connectivity index (χ2n) is 14.8. The summed E-state index contributed by atoms with van der Waals surface area (Å²) in [5.41, 5.74) is 15.4. The Morgan fingerprint density at radius 3 is 1.78 bits per heavy atom. The zero-order valence-electron chi connectivity index (χ0n) is 29.9. The van der Waals surface area contributed by atoms with E-state index < -0.39 is 0 Å². The number of hydrogen-bond donors (Lipinski definition) is 0. The number of fused-ring (bicyclic) bond motifs is 4. The molecule has 7 aromatic rings. The van der Waals surface area contributed by atoms with Gasteiger partial charge in [-0.25, -0.2) is 0 Å². The van der Waals surface area contributed by atoms with Gasteiger partial charge in [0.1, 0.15) is 0 Å². The van der Waals surface area contributed by atoms with Crippen LogP contribution in [0.15, 0.2) is 158 Å². The molecule has 0 amide bonds. The number of nitrogens with zero attached hydrogens (tertiary/aromatic N) is 1. The Morgan fingerprint density at radius 1 is 0.500 bits per heavy atom. The molecule has 0 aromatic heterocycles. The zero-order valence-corrected chi connectivity index (χ0v) is 29.9. The van der Waals surface area contributed by atoms with Crippen LogP contribution in [0.25, 0.3) is 44.2 Å². The molecule has 0 saturated heterocycles. The molecule has 1 heteroatoms. The van der Waals surface area contributed by atoms with E-state index in [2.05, 4.69) is 197 Å². The first kappa shape index (κ1) is 31.8. The highest BCUT2D eigenvalue weighted by Gasteiger charge is 2.43. The number of hydrogen-bond acceptors (Lipinski definition) is 1. The van der Waals surface area contributed by atoms with Gasteiger partial charge in [-0.05, 0) is 98.5 Å². The van der Waals surface area contributed by atoms with Crippen molar-refractivity contribution in [1.82, 2.24) is 0 Å². The van der Waals surface area contributed by atoms with E-state index in [1.54, 1.807) is 0 Å². The molecule has 0 N–H and O–H groups in total. The average Bonchev–Trinajstić information content (AvgIpc) is 3.44. The lowest BCUT2D eigenvalue weighted by Gasteiger charge is -2.33. The Labute approximate surface area is 297 Å². The molecule has 0 atom stereocenters. The summed E-state index contributed by atoms with van der Waals surface area (Å²) in [7, 11) is 0. The van der Waals surface area contributed by atoms with Gasteiger partial charge in [-0.3, -0.25) is 0 Å². The van der Waals surface area contributed by atoms with Crippen LogP contribution in [-0.2, 0) is 10.8 Å². The van der Waals surface area contributed by atoms with E-state index in [0.717, 1.165) is 18.5 Å². The first-order valence-electron chi connectivity index (χ1n) is 18.2. The van der Waals surface area contributed by atoms with Gasteiger partial charge in [-0.2, -0.15) is 0 Å². The summed E-state index contributed by atoms with van der Waals surface area (Å²) in [6.45, 7) is 11.6. The Morgan fingerprint density at radius 2 is 1.10 bits per heavy atom. The Hall–Kier alpha value is -5.40. The fraction of sp³-hybridized carbons (Fsp3) is 0.184. The predicted octanol–water partition coefficient (Wildman–Crippen LogP) is 14.0. The van der Waals surface area contributed by atoms with Gasteiger partial charge in [0.2, 0.25) is 0 Å². The molecule has 0 spiro atoms. The number of rotatable bonds is 7. The predicted molar refractivity (Wildman–Crippen MR) is 215 cm³/mol. The minimum absolute atomic E-state index is 0.0135. The minimum Gasteiger partial charge on any atom is -0.309 e. The van der Waals surface area contributed by atoms with Gasteiger partial charge in [0.05, 0.1) is 5.69 Å². The van der Waals surface area contributed by atoms with Crippen molar-refractivity contribution in [3.63, 3.8) is 0 Å². The van der Waals surface area contributed by atoms with E-state index >= 15 is 0 Å². The second kappa shape index (κ2) is 12.5. The van der Waals surface area contributed by atoms with Crippen molar-refractivity contribution >= 4 is 27.8 Å². The molecule has 8 rings (SSSR count). The summed E-state index contributed by atoms with van der Waals surface area (Å²) in [4.78, 5) is 2.54. The lowest BCUT2D eigenvalue weighted by molar-refractivity contribution is 0.491. The van der Waals surface area contributed by atoms with Crippen LogP contribution in [0.2, 0.25) is 0 Å². The van der Waals surface area contributed by atoms with Crippen molar-refractivity contribution in [2.24, 2.45) is 0 Å². The maximum absolute atomic E-state index is 2.54. The molecule has 1 aliphatic carbocycles. The SMILES string of the molecule is CCC1(CC)c2ccccc2-c2c1cc1ccccc1c2N(c1ccc(-c2ccccc2-c2ccccc2)cc1)c1cccc(C(C)(C)C)c1. The summed E-state index contributed by atoms with van der Waals surface area (Å²) in [6, 6.07) is 58.6. The van der Waals surface area contributed by atoms with Crippen LogP contribution < -0.4 is 4.90 Å². The van der Waals surface area contributed by atoms with Gasteiger partial charge in [-0.1, -0.05) is 162 Å². The van der Waals surface area contributed by atoms with E-state index in [0.29, 0.717) is 0 Å². The molecule has 0 radical (unpaired) electrons.